The Labute approximate surface area is 114 Å². The first-order valence-electron chi connectivity index (χ1n) is 7.35. The lowest BCUT2D eigenvalue weighted by Gasteiger charge is -2.29. The second-order valence-electron chi connectivity index (χ2n) is 6.08. The molecule has 1 saturated carbocycles. The van der Waals surface area contributed by atoms with E-state index in [9.17, 15) is 4.79 Å². The van der Waals surface area contributed by atoms with Gasteiger partial charge in [0.05, 0.1) is 0 Å². The van der Waals surface area contributed by atoms with Gasteiger partial charge in [0, 0.05) is 23.8 Å². The lowest BCUT2D eigenvalue weighted by Crippen LogP contribution is -2.36. The van der Waals surface area contributed by atoms with Gasteiger partial charge in [-0.2, -0.15) is 0 Å². The number of benzene rings is 1. The van der Waals surface area contributed by atoms with Crippen molar-refractivity contribution < 1.29 is 4.79 Å². The molecule has 1 amide bonds. The standard InChI is InChI=1S/C16H22N2O/c1-11-2-4-12(5-3-11)16(19)18-9-8-13-10-14(17)6-7-15(13)18/h6-7,10-12H,2-5,8-9,17H2,1H3. The van der Waals surface area contributed by atoms with Gasteiger partial charge < -0.3 is 10.6 Å². The van der Waals surface area contributed by atoms with Crippen LogP contribution in [0.25, 0.3) is 0 Å². The van der Waals surface area contributed by atoms with Crippen molar-refractivity contribution in [2.24, 2.45) is 11.8 Å². The van der Waals surface area contributed by atoms with Gasteiger partial charge in [-0.05, 0) is 61.8 Å². The molecule has 3 rings (SSSR count). The SMILES string of the molecule is CC1CCC(C(=O)N2CCc3cc(N)ccc32)CC1. The molecule has 19 heavy (non-hydrogen) atoms. The molecule has 0 spiro atoms. The van der Waals surface area contributed by atoms with Crippen molar-refractivity contribution in [1.29, 1.82) is 0 Å². The maximum atomic E-state index is 12.6. The lowest BCUT2D eigenvalue weighted by atomic mass is 9.82. The topological polar surface area (TPSA) is 46.3 Å². The van der Waals surface area contributed by atoms with E-state index in [1.165, 1.54) is 18.4 Å². The third-order valence-electron chi connectivity index (χ3n) is 4.63. The molecule has 0 aromatic heterocycles. The molecule has 1 aromatic carbocycles. The van der Waals surface area contributed by atoms with Crippen LogP contribution in [0.2, 0.25) is 0 Å². The third-order valence-corrected chi connectivity index (χ3v) is 4.63. The number of nitrogens with two attached hydrogens (primary N) is 1. The first kappa shape index (κ1) is 12.5. The monoisotopic (exact) mass is 258 g/mol. The fraction of sp³-hybridized carbons (Fsp3) is 0.562. The summed E-state index contributed by atoms with van der Waals surface area (Å²) in [4.78, 5) is 14.6. The van der Waals surface area contributed by atoms with Gasteiger partial charge in [0.25, 0.3) is 0 Å². The predicted molar refractivity (Wildman–Crippen MR) is 78.0 cm³/mol. The molecule has 2 aliphatic rings. The zero-order valence-corrected chi connectivity index (χ0v) is 11.6. The fourth-order valence-corrected chi connectivity index (χ4v) is 3.38. The van der Waals surface area contributed by atoms with Gasteiger partial charge in [0.15, 0.2) is 0 Å². The number of hydrogen-bond acceptors (Lipinski definition) is 2. The molecule has 0 bridgehead atoms. The van der Waals surface area contributed by atoms with Crippen molar-refractivity contribution in [3.8, 4) is 0 Å². The highest BCUT2D eigenvalue weighted by molar-refractivity contribution is 5.97. The Bertz CT molecular complexity index is 490. The number of fused-ring (bicyclic) bond motifs is 1. The van der Waals surface area contributed by atoms with Crippen molar-refractivity contribution in [1.82, 2.24) is 0 Å². The summed E-state index contributed by atoms with van der Waals surface area (Å²) >= 11 is 0. The van der Waals surface area contributed by atoms with E-state index in [0.717, 1.165) is 43.1 Å². The van der Waals surface area contributed by atoms with E-state index in [1.54, 1.807) is 0 Å². The minimum absolute atomic E-state index is 0.236. The number of nitrogen functional groups attached to an aromatic ring is 1. The maximum absolute atomic E-state index is 12.6. The van der Waals surface area contributed by atoms with Crippen LogP contribution >= 0.6 is 0 Å². The summed E-state index contributed by atoms with van der Waals surface area (Å²) in [5, 5.41) is 0. The van der Waals surface area contributed by atoms with Crippen LogP contribution in [0.4, 0.5) is 11.4 Å². The Balaban J connectivity index is 1.76. The average molecular weight is 258 g/mol. The van der Waals surface area contributed by atoms with E-state index < -0.39 is 0 Å². The Kier molecular flexibility index (Phi) is 3.21. The number of carbonyl (C=O) groups excluding carboxylic acids is 1. The molecule has 0 radical (unpaired) electrons. The quantitative estimate of drug-likeness (QED) is 0.787. The van der Waals surface area contributed by atoms with Crippen molar-refractivity contribution >= 4 is 17.3 Å². The van der Waals surface area contributed by atoms with E-state index >= 15 is 0 Å². The van der Waals surface area contributed by atoms with Crippen LogP contribution in [0.3, 0.4) is 0 Å². The van der Waals surface area contributed by atoms with Gasteiger partial charge in [-0.1, -0.05) is 6.92 Å². The maximum Gasteiger partial charge on any atom is 0.230 e. The highest BCUT2D eigenvalue weighted by Crippen LogP contribution is 2.35. The highest BCUT2D eigenvalue weighted by Gasteiger charge is 2.32. The molecule has 1 fully saturated rings. The van der Waals surface area contributed by atoms with E-state index in [-0.39, 0.29) is 5.92 Å². The lowest BCUT2D eigenvalue weighted by molar-refractivity contribution is -0.123. The number of hydrogen-bond donors (Lipinski definition) is 1. The van der Waals surface area contributed by atoms with Crippen molar-refractivity contribution in [2.75, 3.05) is 17.2 Å². The van der Waals surface area contributed by atoms with Gasteiger partial charge in [-0.15, -0.1) is 0 Å². The molecule has 1 heterocycles. The van der Waals surface area contributed by atoms with Crippen LogP contribution in [0.15, 0.2) is 18.2 Å². The summed E-state index contributed by atoms with van der Waals surface area (Å²) in [7, 11) is 0. The molecular weight excluding hydrogens is 236 g/mol. The van der Waals surface area contributed by atoms with Crippen molar-refractivity contribution in [2.45, 2.75) is 39.0 Å². The average Bonchev–Trinajstić information content (AvgIpc) is 2.81. The van der Waals surface area contributed by atoms with Crippen LogP contribution in [0, 0.1) is 11.8 Å². The zero-order chi connectivity index (χ0) is 13.4. The molecule has 1 aliphatic carbocycles. The normalized spacial score (nSPS) is 26.3. The number of nitrogens with zero attached hydrogens (tertiary/aromatic N) is 1. The predicted octanol–water partition coefficient (Wildman–Crippen LogP) is 2.98. The van der Waals surface area contributed by atoms with Gasteiger partial charge in [0.2, 0.25) is 5.91 Å². The Morgan fingerprint density at radius 1 is 1.26 bits per heavy atom. The van der Waals surface area contributed by atoms with Crippen molar-refractivity contribution in [3.63, 3.8) is 0 Å². The number of amides is 1. The fourth-order valence-electron chi connectivity index (χ4n) is 3.38. The summed E-state index contributed by atoms with van der Waals surface area (Å²) in [5.74, 6) is 1.35. The molecule has 102 valence electrons. The summed E-state index contributed by atoms with van der Waals surface area (Å²) in [6.45, 7) is 3.11. The minimum Gasteiger partial charge on any atom is -0.399 e. The molecule has 1 aromatic rings. The van der Waals surface area contributed by atoms with Crippen LogP contribution in [0.5, 0.6) is 0 Å². The highest BCUT2D eigenvalue weighted by atomic mass is 16.2. The summed E-state index contributed by atoms with van der Waals surface area (Å²) in [5.41, 5.74) is 8.90. The molecule has 1 aliphatic heterocycles. The van der Waals surface area contributed by atoms with E-state index in [1.807, 2.05) is 23.1 Å². The summed E-state index contributed by atoms with van der Waals surface area (Å²) in [6.07, 6.45) is 5.44. The second kappa shape index (κ2) is 4.87. The molecule has 0 saturated heterocycles. The molecular formula is C16H22N2O. The number of carbonyl (C=O) groups is 1. The molecule has 0 atom stereocenters. The first-order valence-corrected chi connectivity index (χ1v) is 7.35. The van der Waals surface area contributed by atoms with Crippen LogP contribution < -0.4 is 10.6 Å². The third kappa shape index (κ3) is 2.34. The Morgan fingerprint density at radius 3 is 2.74 bits per heavy atom. The van der Waals surface area contributed by atoms with Gasteiger partial charge in [-0.25, -0.2) is 0 Å². The summed E-state index contributed by atoms with van der Waals surface area (Å²) in [6, 6.07) is 5.90. The first-order chi connectivity index (χ1) is 9.15. The van der Waals surface area contributed by atoms with Crippen LogP contribution in [-0.2, 0) is 11.2 Å². The van der Waals surface area contributed by atoms with Crippen LogP contribution in [0.1, 0.15) is 38.2 Å². The zero-order valence-electron chi connectivity index (χ0n) is 11.6. The summed E-state index contributed by atoms with van der Waals surface area (Å²) < 4.78 is 0. The molecule has 3 nitrogen and oxygen atoms in total. The second-order valence-corrected chi connectivity index (χ2v) is 6.08. The number of rotatable bonds is 1. The smallest absolute Gasteiger partial charge is 0.230 e. The van der Waals surface area contributed by atoms with E-state index in [0.29, 0.717) is 5.91 Å². The number of anilines is 2. The Morgan fingerprint density at radius 2 is 2.00 bits per heavy atom. The van der Waals surface area contributed by atoms with E-state index in [2.05, 4.69) is 6.92 Å². The molecule has 3 heteroatoms. The van der Waals surface area contributed by atoms with Crippen LogP contribution in [-0.4, -0.2) is 12.5 Å². The van der Waals surface area contributed by atoms with Crippen molar-refractivity contribution in [3.05, 3.63) is 23.8 Å². The largest absolute Gasteiger partial charge is 0.399 e. The van der Waals surface area contributed by atoms with Gasteiger partial charge in [0.1, 0.15) is 0 Å². The van der Waals surface area contributed by atoms with Gasteiger partial charge >= 0.3 is 0 Å². The Hall–Kier alpha value is -1.51. The molecule has 2 N–H and O–H groups in total. The van der Waals surface area contributed by atoms with E-state index in [4.69, 9.17) is 5.73 Å². The minimum atomic E-state index is 0.236. The molecule has 0 unspecified atom stereocenters. The van der Waals surface area contributed by atoms with Gasteiger partial charge in [-0.3, -0.25) is 4.79 Å².